The Kier molecular flexibility index (Phi) is 10.8. The first-order valence-electron chi connectivity index (χ1n) is 14.2. The van der Waals surface area contributed by atoms with E-state index in [1.165, 1.54) is 41.4 Å². The Labute approximate surface area is 263 Å². The zero-order valence-corrected chi connectivity index (χ0v) is 25.7. The van der Waals surface area contributed by atoms with Crippen molar-refractivity contribution in [2.45, 2.75) is 51.8 Å². The van der Waals surface area contributed by atoms with E-state index < -0.39 is 41.5 Å². The number of nitrogens with one attached hydrogen (secondary N) is 3. The van der Waals surface area contributed by atoms with Gasteiger partial charge in [0.05, 0.1) is 17.6 Å². The van der Waals surface area contributed by atoms with Crippen molar-refractivity contribution in [3.05, 3.63) is 70.9 Å². The van der Waals surface area contributed by atoms with Crippen molar-refractivity contribution in [2.24, 2.45) is 5.92 Å². The van der Waals surface area contributed by atoms with Crippen molar-refractivity contribution in [3.63, 3.8) is 0 Å². The van der Waals surface area contributed by atoms with Gasteiger partial charge in [-0.2, -0.15) is 0 Å². The molecule has 2 atom stereocenters. The number of benzene rings is 2. The molecule has 0 unspecified atom stereocenters. The zero-order valence-electron chi connectivity index (χ0n) is 25.0. The van der Waals surface area contributed by atoms with E-state index in [1.54, 1.807) is 32.9 Å². The van der Waals surface area contributed by atoms with Gasteiger partial charge in [0.2, 0.25) is 0 Å². The summed E-state index contributed by atoms with van der Waals surface area (Å²) in [5, 5.41) is 8.74. The molecule has 240 valence electrons. The van der Waals surface area contributed by atoms with Gasteiger partial charge >= 0.3 is 18.2 Å². The second-order valence-electron chi connectivity index (χ2n) is 11.7. The van der Waals surface area contributed by atoms with Crippen molar-refractivity contribution in [2.75, 3.05) is 25.0 Å². The van der Waals surface area contributed by atoms with E-state index in [9.17, 15) is 28.0 Å². The van der Waals surface area contributed by atoms with Crippen molar-refractivity contribution in [3.8, 4) is 0 Å². The summed E-state index contributed by atoms with van der Waals surface area (Å²) in [5.74, 6) is -1.47. The van der Waals surface area contributed by atoms with Gasteiger partial charge in [0.1, 0.15) is 29.7 Å². The fourth-order valence-corrected chi connectivity index (χ4v) is 5.09. The van der Waals surface area contributed by atoms with Gasteiger partial charge in [-0.3, -0.25) is 10.1 Å². The minimum absolute atomic E-state index is 0.0512. The first kappa shape index (κ1) is 33.4. The lowest BCUT2D eigenvalue weighted by atomic mass is 9.99. The molecule has 0 radical (unpaired) electrons. The van der Waals surface area contributed by atoms with Crippen LogP contribution in [0.15, 0.2) is 48.7 Å². The number of fused-ring (bicyclic) bond motifs is 1. The number of halogens is 3. The molecule has 1 saturated heterocycles. The number of urea groups is 1. The second-order valence-corrected chi connectivity index (χ2v) is 12.0. The number of nitrogens with zero attached hydrogens (tertiary/aromatic N) is 2. The molecule has 45 heavy (non-hydrogen) atoms. The van der Waals surface area contributed by atoms with E-state index in [0.717, 1.165) is 0 Å². The lowest BCUT2D eigenvalue weighted by Gasteiger charge is -2.25. The van der Waals surface area contributed by atoms with Gasteiger partial charge in [-0.25, -0.2) is 28.1 Å². The summed E-state index contributed by atoms with van der Waals surface area (Å²) in [6.07, 6.45) is 0.300. The monoisotopic (exact) mass is 645 g/mol. The van der Waals surface area contributed by atoms with E-state index >= 15 is 0 Å². The molecule has 4 rings (SSSR count). The van der Waals surface area contributed by atoms with E-state index in [4.69, 9.17) is 21.1 Å². The molecule has 0 aliphatic carbocycles. The van der Waals surface area contributed by atoms with Crippen LogP contribution in [0.25, 0.3) is 10.8 Å². The predicted molar refractivity (Wildman–Crippen MR) is 163 cm³/mol. The third-order valence-corrected chi connectivity index (χ3v) is 7.31. The van der Waals surface area contributed by atoms with Crippen LogP contribution in [0.4, 0.5) is 29.0 Å². The number of rotatable bonds is 9. The van der Waals surface area contributed by atoms with Gasteiger partial charge in [-0.15, -0.1) is 0 Å². The van der Waals surface area contributed by atoms with Gasteiger partial charge in [0.15, 0.2) is 5.78 Å². The molecule has 3 aromatic rings. The number of hydrogen-bond donors (Lipinski definition) is 3. The quantitative estimate of drug-likeness (QED) is 0.267. The molecule has 4 amide bonds. The summed E-state index contributed by atoms with van der Waals surface area (Å²) in [4.78, 5) is 56.0. The fraction of sp³-hybridized carbons (Fsp3) is 0.387. The normalized spacial score (nSPS) is 16.3. The Morgan fingerprint density at radius 2 is 1.82 bits per heavy atom. The number of Topliss-reactive ketones (excluding diaryl/α,β-unsaturated/α-hetero) is 1. The minimum Gasteiger partial charge on any atom is -0.447 e. The Morgan fingerprint density at radius 1 is 1.04 bits per heavy atom. The van der Waals surface area contributed by atoms with Crippen LogP contribution in [0.1, 0.15) is 39.2 Å². The lowest BCUT2D eigenvalue weighted by molar-refractivity contribution is -0.119. The summed E-state index contributed by atoms with van der Waals surface area (Å²) >= 11 is 6.02. The van der Waals surface area contributed by atoms with Crippen molar-refractivity contribution >= 4 is 52.2 Å². The van der Waals surface area contributed by atoms with Crippen LogP contribution < -0.4 is 16.0 Å². The number of alkyl carbamates (subject to hydrolysis) is 1. The smallest absolute Gasteiger partial charge is 0.412 e. The number of aromatic nitrogens is 1. The molecule has 2 aromatic carbocycles. The minimum atomic E-state index is -0.841. The van der Waals surface area contributed by atoms with Crippen molar-refractivity contribution < 1.29 is 37.4 Å². The van der Waals surface area contributed by atoms with Gasteiger partial charge in [-0.1, -0.05) is 23.7 Å². The highest BCUT2D eigenvalue weighted by atomic mass is 35.5. The van der Waals surface area contributed by atoms with E-state index in [0.29, 0.717) is 22.8 Å². The SMILES string of the molecule is CC(C)(C)OC(=O)NCC(=O)C[C@@H]1C[C@@H](COC(=O)Nc2cc3cc(F)ccc3cn2)N(C(=O)NCc2cccc(F)c2Cl)C1. The highest BCUT2D eigenvalue weighted by Crippen LogP contribution is 2.27. The molecule has 1 fully saturated rings. The Morgan fingerprint density at radius 3 is 2.58 bits per heavy atom. The summed E-state index contributed by atoms with van der Waals surface area (Å²) in [7, 11) is 0. The van der Waals surface area contributed by atoms with E-state index in [-0.39, 0.29) is 55.2 Å². The summed E-state index contributed by atoms with van der Waals surface area (Å²) in [5.41, 5.74) is -0.344. The first-order chi connectivity index (χ1) is 21.3. The van der Waals surface area contributed by atoms with Crippen LogP contribution >= 0.6 is 11.6 Å². The lowest BCUT2D eigenvalue weighted by Crippen LogP contribution is -2.45. The predicted octanol–water partition coefficient (Wildman–Crippen LogP) is 5.80. The maximum Gasteiger partial charge on any atom is 0.412 e. The Hall–Kier alpha value is -4.52. The topological polar surface area (TPSA) is 139 Å². The average molecular weight is 646 g/mol. The van der Waals surface area contributed by atoms with Crippen molar-refractivity contribution in [1.29, 1.82) is 0 Å². The standard InChI is InChI=1S/C31H34ClF2N5O6/c1-31(2,3)45-29(42)37-15-24(40)10-18-9-23(39(16-18)28(41)36-14-20-5-4-6-25(34)27(20)32)17-44-30(43)38-26-12-21-11-22(33)8-7-19(21)13-35-26/h4-8,11-13,18,23H,9-10,14-17H2,1-3H3,(H,36,41)(H,37,42)(H,35,38,43)/t18-,23-/m0/s1. The number of hydrogen-bond acceptors (Lipinski definition) is 7. The number of likely N-dealkylation sites (tertiary alicyclic amines) is 1. The molecule has 1 aliphatic heterocycles. The molecule has 1 aromatic heterocycles. The molecule has 1 aliphatic rings. The Bertz CT molecular complexity index is 1580. The maximum atomic E-state index is 13.9. The van der Waals surface area contributed by atoms with Gasteiger partial charge in [-0.05, 0) is 74.4 Å². The number of anilines is 1. The van der Waals surface area contributed by atoms with Gasteiger partial charge in [0, 0.05) is 31.1 Å². The highest BCUT2D eigenvalue weighted by molar-refractivity contribution is 6.31. The van der Waals surface area contributed by atoms with Crippen LogP contribution in [0.5, 0.6) is 0 Å². The molecule has 0 spiro atoms. The summed E-state index contributed by atoms with van der Waals surface area (Å²) in [6, 6.07) is 8.81. The molecule has 11 nitrogen and oxygen atoms in total. The number of amides is 4. The summed E-state index contributed by atoms with van der Waals surface area (Å²) in [6.45, 7) is 4.76. The third kappa shape index (κ3) is 9.73. The second kappa shape index (κ2) is 14.5. The van der Waals surface area contributed by atoms with Crippen LogP contribution in [0.2, 0.25) is 5.02 Å². The molecule has 0 bridgehead atoms. The molecular weight excluding hydrogens is 612 g/mol. The van der Waals surface area contributed by atoms with Gasteiger partial charge in [0.25, 0.3) is 0 Å². The number of ketones is 1. The molecule has 14 heteroatoms. The molecular formula is C31H34ClF2N5O6. The molecule has 0 saturated carbocycles. The fourth-order valence-electron chi connectivity index (χ4n) is 4.90. The summed E-state index contributed by atoms with van der Waals surface area (Å²) < 4.78 is 38.1. The van der Waals surface area contributed by atoms with E-state index in [1.807, 2.05) is 0 Å². The molecule has 2 heterocycles. The number of carbonyl (C=O) groups is 4. The van der Waals surface area contributed by atoms with Crippen LogP contribution in [0.3, 0.4) is 0 Å². The first-order valence-corrected chi connectivity index (χ1v) is 14.6. The van der Waals surface area contributed by atoms with Crippen molar-refractivity contribution in [1.82, 2.24) is 20.5 Å². The highest BCUT2D eigenvalue weighted by Gasteiger charge is 2.37. The average Bonchev–Trinajstić information content (AvgIpc) is 3.37. The van der Waals surface area contributed by atoms with E-state index in [2.05, 4.69) is 20.9 Å². The number of carbonyl (C=O) groups excluding carboxylic acids is 4. The maximum absolute atomic E-state index is 13.9. The van der Waals surface area contributed by atoms with Crippen LogP contribution in [0, 0.1) is 17.6 Å². The number of pyridine rings is 1. The Balaban J connectivity index is 1.37. The van der Waals surface area contributed by atoms with Crippen LogP contribution in [-0.2, 0) is 20.8 Å². The molecule has 3 N–H and O–H groups in total. The largest absolute Gasteiger partial charge is 0.447 e. The zero-order chi connectivity index (χ0) is 32.7. The number of ether oxygens (including phenoxy) is 2. The van der Waals surface area contributed by atoms with Gasteiger partial charge < -0.3 is 25.0 Å². The third-order valence-electron chi connectivity index (χ3n) is 6.89. The van der Waals surface area contributed by atoms with Crippen LogP contribution in [-0.4, -0.2) is 65.2 Å².